The summed E-state index contributed by atoms with van der Waals surface area (Å²) < 4.78 is 0. The molecule has 1 aromatic rings. The van der Waals surface area contributed by atoms with Gasteiger partial charge in [-0.25, -0.2) is 0 Å². The van der Waals surface area contributed by atoms with Crippen molar-refractivity contribution in [3.63, 3.8) is 0 Å². The van der Waals surface area contributed by atoms with Crippen molar-refractivity contribution in [1.29, 1.82) is 0 Å². The minimum Gasteiger partial charge on any atom is -0.352 e. The Labute approximate surface area is 147 Å². The molecular weight excluding hydrogens is 337 g/mol. The van der Waals surface area contributed by atoms with Crippen LogP contribution in [0.15, 0.2) is 18.2 Å². The first-order chi connectivity index (χ1) is 10.5. The van der Waals surface area contributed by atoms with E-state index in [2.05, 4.69) is 10.6 Å². The molecule has 0 radical (unpaired) electrons. The zero-order chi connectivity index (χ0) is 16.2. The predicted molar refractivity (Wildman–Crippen MR) is 95.3 cm³/mol. The molecule has 0 spiro atoms. The van der Waals surface area contributed by atoms with Crippen LogP contribution in [0.25, 0.3) is 0 Å². The second-order valence-corrected chi connectivity index (χ2v) is 6.18. The highest BCUT2D eigenvalue weighted by atomic mass is 35.5. The minimum atomic E-state index is -0.788. The Morgan fingerprint density at radius 3 is 2.52 bits per heavy atom. The molecule has 0 aromatic heterocycles. The number of benzene rings is 1. The van der Waals surface area contributed by atoms with Gasteiger partial charge in [0, 0.05) is 12.2 Å². The van der Waals surface area contributed by atoms with E-state index in [1.165, 1.54) is 0 Å². The number of nitrogens with two attached hydrogens (primary N) is 1. The number of carbonyl (C=O) groups is 2. The van der Waals surface area contributed by atoms with E-state index >= 15 is 0 Å². The zero-order valence-electron chi connectivity index (χ0n) is 13.2. The second-order valence-electron chi connectivity index (χ2n) is 5.77. The predicted octanol–water partition coefficient (Wildman–Crippen LogP) is 3.11. The van der Waals surface area contributed by atoms with Crippen LogP contribution in [0.4, 0.5) is 5.69 Å². The summed E-state index contributed by atoms with van der Waals surface area (Å²) in [5.41, 5.74) is 6.28. The van der Waals surface area contributed by atoms with E-state index in [0.717, 1.165) is 19.3 Å². The molecule has 0 heterocycles. The van der Waals surface area contributed by atoms with Gasteiger partial charge in [0.05, 0.1) is 16.1 Å². The highest BCUT2D eigenvalue weighted by Crippen LogP contribution is 2.29. The molecule has 0 saturated heterocycles. The van der Waals surface area contributed by atoms with E-state index in [1.807, 2.05) is 6.92 Å². The van der Waals surface area contributed by atoms with E-state index in [0.29, 0.717) is 35.7 Å². The zero-order valence-corrected chi connectivity index (χ0v) is 14.7. The lowest BCUT2D eigenvalue weighted by molar-refractivity contribution is -0.121. The van der Waals surface area contributed by atoms with Gasteiger partial charge in [0.2, 0.25) is 5.91 Å². The quantitative estimate of drug-likeness (QED) is 0.754. The second kappa shape index (κ2) is 8.52. The molecule has 5 nitrogen and oxygen atoms in total. The fraction of sp³-hybridized carbons (Fsp3) is 0.500. The third-order valence-electron chi connectivity index (χ3n) is 3.96. The van der Waals surface area contributed by atoms with Crippen molar-refractivity contribution < 1.29 is 9.59 Å². The van der Waals surface area contributed by atoms with Crippen molar-refractivity contribution in [2.24, 2.45) is 5.73 Å². The molecule has 1 aliphatic rings. The topological polar surface area (TPSA) is 84.2 Å². The lowest BCUT2D eigenvalue weighted by atomic mass is 9.98. The molecule has 1 aliphatic carbocycles. The van der Waals surface area contributed by atoms with Crippen molar-refractivity contribution in [3.05, 3.63) is 28.8 Å². The fourth-order valence-corrected chi connectivity index (χ4v) is 2.87. The lowest BCUT2D eigenvalue weighted by Gasteiger charge is -2.22. The van der Waals surface area contributed by atoms with Crippen molar-refractivity contribution >= 4 is 41.5 Å². The van der Waals surface area contributed by atoms with Crippen molar-refractivity contribution in [3.8, 4) is 0 Å². The number of nitrogens with one attached hydrogen (secondary N) is 2. The highest BCUT2D eigenvalue weighted by Gasteiger charge is 2.37. The van der Waals surface area contributed by atoms with Gasteiger partial charge in [-0.1, -0.05) is 31.4 Å². The molecule has 1 fully saturated rings. The molecule has 4 N–H and O–H groups in total. The summed E-state index contributed by atoms with van der Waals surface area (Å²) in [7, 11) is 0. The van der Waals surface area contributed by atoms with Gasteiger partial charge in [0.15, 0.2) is 0 Å². The van der Waals surface area contributed by atoms with Gasteiger partial charge in [-0.2, -0.15) is 0 Å². The number of hydrogen-bond donors (Lipinski definition) is 3. The Balaban J connectivity index is 0.00000264. The number of rotatable bonds is 5. The first-order valence-corrected chi connectivity index (χ1v) is 8.02. The number of carbonyl (C=O) groups excluding carboxylic acids is 2. The van der Waals surface area contributed by atoms with Crippen LogP contribution in [-0.4, -0.2) is 23.9 Å². The molecule has 1 saturated carbocycles. The number of halogens is 2. The van der Waals surface area contributed by atoms with Gasteiger partial charge in [0.25, 0.3) is 5.91 Å². The monoisotopic (exact) mass is 359 g/mol. The smallest absolute Gasteiger partial charge is 0.252 e. The standard InChI is InChI=1S/C16H22ClN3O2.ClH/c1-2-9-19-14(21)12-6-5-11(10-13(12)17)20-15(22)16(18)7-3-4-8-16;/h5-6,10H,2-4,7-9,18H2,1H3,(H,19,21)(H,20,22);1H. The molecule has 0 atom stereocenters. The normalized spacial score (nSPS) is 15.6. The molecule has 128 valence electrons. The summed E-state index contributed by atoms with van der Waals surface area (Å²) in [5.74, 6) is -0.403. The van der Waals surface area contributed by atoms with Gasteiger partial charge in [-0.3, -0.25) is 9.59 Å². The number of hydrogen-bond acceptors (Lipinski definition) is 3. The summed E-state index contributed by atoms with van der Waals surface area (Å²) in [5, 5.41) is 5.87. The van der Waals surface area contributed by atoms with E-state index < -0.39 is 5.54 Å². The first kappa shape index (κ1) is 19.7. The molecule has 0 unspecified atom stereocenters. The van der Waals surface area contributed by atoms with E-state index in [1.54, 1.807) is 18.2 Å². The maximum absolute atomic E-state index is 12.2. The Kier molecular flexibility index (Phi) is 7.32. The maximum Gasteiger partial charge on any atom is 0.252 e. The summed E-state index contributed by atoms with van der Waals surface area (Å²) in [6, 6.07) is 4.86. The Morgan fingerprint density at radius 2 is 1.96 bits per heavy atom. The van der Waals surface area contributed by atoms with Crippen LogP contribution in [0, 0.1) is 0 Å². The van der Waals surface area contributed by atoms with Gasteiger partial charge in [0.1, 0.15) is 0 Å². The summed E-state index contributed by atoms with van der Waals surface area (Å²) >= 11 is 6.14. The van der Waals surface area contributed by atoms with Crippen molar-refractivity contribution in [1.82, 2.24) is 5.32 Å². The van der Waals surface area contributed by atoms with Crippen LogP contribution in [0.2, 0.25) is 5.02 Å². The Morgan fingerprint density at radius 1 is 1.30 bits per heavy atom. The van der Waals surface area contributed by atoms with Gasteiger partial charge in [-0.05, 0) is 37.5 Å². The van der Waals surface area contributed by atoms with Crippen molar-refractivity contribution in [2.45, 2.75) is 44.6 Å². The van der Waals surface area contributed by atoms with Crippen LogP contribution in [0.5, 0.6) is 0 Å². The number of anilines is 1. The average molecular weight is 360 g/mol. The fourth-order valence-electron chi connectivity index (χ4n) is 2.60. The lowest BCUT2D eigenvalue weighted by Crippen LogP contribution is -2.48. The first-order valence-electron chi connectivity index (χ1n) is 7.64. The molecule has 2 amide bonds. The molecule has 2 rings (SSSR count). The Bertz CT molecular complexity index is 572. The molecular formula is C16H23Cl2N3O2. The van der Waals surface area contributed by atoms with Crippen molar-refractivity contribution in [2.75, 3.05) is 11.9 Å². The Hall–Kier alpha value is -1.30. The molecule has 0 bridgehead atoms. The van der Waals surface area contributed by atoms with Crippen LogP contribution in [0.1, 0.15) is 49.4 Å². The molecule has 7 heteroatoms. The molecule has 0 aliphatic heterocycles. The largest absolute Gasteiger partial charge is 0.352 e. The van der Waals surface area contributed by atoms with Gasteiger partial charge in [-0.15, -0.1) is 12.4 Å². The van der Waals surface area contributed by atoms with Crippen LogP contribution in [0.3, 0.4) is 0 Å². The van der Waals surface area contributed by atoms with Crippen LogP contribution >= 0.6 is 24.0 Å². The van der Waals surface area contributed by atoms with Gasteiger partial charge >= 0.3 is 0 Å². The minimum absolute atomic E-state index is 0. The molecule has 1 aromatic carbocycles. The SMILES string of the molecule is CCCNC(=O)c1ccc(NC(=O)C2(N)CCCC2)cc1Cl.Cl. The number of amides is 2. The van der Waals surface area contributed by atoms with E-state index in [4.69, 9.17) is 17.3 Å². The third-order valence-corrected chi connectivity index (χ3v) is 4.27. The molecule has 23 heavy (non-hydrogen) atoms. The summed E-state index contributed by atoms with van der Waals surface area (Å²) in [6.45, 7) is 2.58. The van der Waals surface area contributed by atoms with Crippen LogP contribution in [-0.2, 0) is 4.79 Å². The third kappa shape index (κ3) is 4.83. The van der Waals surface area contributed by atoms with E-state index in [-0.39, 0.29) is 24.2 Å². The average Bonchev–Trinajstić information content (AvgIpc) is 2.93. The summed E-state index contributed by atoms with van der Waals surface area (Å²) in [6.07, 6.45) is 4.20. The highest BCUT2D eigenvalue weighted by molar-refractivity contribution is 6.34. The maximum atomic E-state index is 12.2. The summed E-state index contributed by atoms with van der Waals surface area (Å²) in [4.78, 5) is 24.2. The van der Waals surface area contributed by atoms with Gasteiger partial charge < -0.3 is 16.4 Å². The van der Waals surface area contributed by atoms with Crippen LogP contribution < -0.4 is 16.4 Å². The van der Waals surface area contributed by atoms with E-state index in [9.17, 15) is 9.59 Å².